The van der Waals surface area contributed by atoms with Crippen LogP contribution in [0.25, 0.3) is 0 Å². The zero-order chi connectivity index (χ0) is 11.2. The smallest absolute Gasteiger partial charge is 0.152 e. The highest BCUT2D eigenvalue weighted by Gasteiger charge is 2.12. The molecule has 4 heteroatoms. The van der Waals surface area contributed by atoms with Crippen molar-refractivity contribution < 1.29 is 0 Å². The van der Waals surface area contributed by atoms with Gasteiger partial charge in [-0.15, -0.1) is 0 Å². The molecule has 0 unspecified atom stereocenters. The molecular weight excluding hydrogens is 200 g/mol. The first kappa shape index (κ1) is 11.2. The molecule has 0 atom stereocenters. The molecule has 3 N–H and O–H groups in total. The Labute approximate surface area is 96.7 Å². The van der Waals surface area contributed by atoms with Crippen molar-refractivity contribution in [2.75, 3.05) is 11.1 Å². The quantitative estimate of drug-likeness (QED) is 0.804. The lowest BCUT2D eigenvalue weighted by atomic mass is 9.97. The maximum atomic E-state index is 5.82. The Hall–Kier alpha value is -1.32. The second-order valence-corrected chi connectivity index (χ2v) is 4.51. The summed E-state index contributed by atoms with van der Waals surface area (Å²) in [5.74, 6) is 0.792. The fourth-order valence-electron chi connectivity index (χ4n) is 2.25. The van der Waals surface area contributed by atoms with Crippen molar-refractivity contribution in [3.63, 3.8) is 0 Å². The molecule has 4 nitrogen and oxygen atoms in total. The molecule has 1 saturated carbocycles. The van der Waals surface area contributed by atoms with Crippen LogP contribution in [0.1, 0.15) is 44.9 Å². The summed E-state index contributed by atoms with van der Waals surface area (Å²) >= 11 is 0. The molecular formula is C12H20N4. The number of hydrogen-bond acceptors (Lipinski definition) is 4. The molecule has 1 aromatic rings. The van der Waals surface area contributed by atoms with Crippen LogP contribution in [-0.2, 0) is 0 Å². The van der Waals surface area contributed by atoms with E-state index >= 15 is 0 Å². The summed E-state index contributed by atoms with van der Waals surface area (Å²) in [4.78, 5) is 8.07. The predicted octanol–water partition coefficient (Wildman–Crippen LogP) is 2.58. The Morgan fingerprint density at radius 2 is 1.81 bits per heavy atom. The number of hydrogen-bond donors (Lipinski definition) is 2. The summed E-state index contributed by atoms with van der Waals surface area (Å²) in [6, 6.07) is 0.525. The first-order chi connectivity index (χ1) is 7.86. The van der Waals surface area contributed by atoms with E-state index in [4.69, 9.17) is 5.73 Å². The number of anilines is 2. The zero-order valence-electron chi connectivity index (χ0n) is 9.65. The molecule has 1 aromatic heterocycles. The molecule has 0 amide bonds. The van der Waals surface area contributed by atoms with Gasteiger partial charge in [-0.05, 0) is 12.8 Å². The number of nitrogens with one attached hydrogen (secondary N) is 1. The average Bonchev–Trinajstić information content (AvgIpc) is 2.24. The summed E-state index contributed by atoms with van der Waals surface area (Å²) < 4.78 is 0. The second kappa shape index (κ2) is 5.68. The third-order valence-corrected chi connectivity index (χ3v) is 3.19. The van der Waals surface area contributed by atoms with Crippen molar-refractivity contribution in [1.29, 1.82) is 0 Å². The SMILES string of the molecule is Nc1cncnc1NC1CCCCCCC1. The first-order valence-corrected chi connectivity index (χ1v) is 6.18. The first-order valence-electron chi connectivity index (χ1n) is 6.18. The summed E-state index contributed by atoms with van der Waals surface area (Å²) in [5.41, 5.74) is 6.46. The molecule has 0 spiro atoms. The minimum atomic E-state index is 0.525. The fraction of sp³-hybridized carbons (Fsp3) is 0.667. The Kier molecular flexibility index (Phi) is 3.97. The van der Waals surface area contributed by atoms with E-state index in [0.717, 1.165) is 5.82 Å². The monoisotopic (exact) mass is 220 g/mol. The van der Waals surface area contributed by atoms with Gasteiger partial charge in [-0.1, -0.05) is 32.1 Å². The molecule has 0 aromatic carbocycles. The van der Waals surface area contributed by atoms with Crippen LogP contribution in [0.3, 0.4) is 0 Å². The lowest BCUT2D eigenvalue weighted by Crippen LogP contribution is -2.22. The molecule has 1 fully saturated rings. The molecule has 0 saturated heterocycles. The standard InChI is InChI=1S/C12H20N4/c13-11-8-14-9-15-12(11)16-10-6-4-2-1-3-5-7-10/h8-10H,1-7,13H2,(H,14,15,16). The maximum Gasteiger partial charge on any atom is 0.152 e. The van der Waals surface area contributed by atoms with Gasteiger partial charge in [0.25, 0.3) is 0 Å². The van der Waals surface area contributed by atoms with E-state index < -0.39 is 0 Å². The van der Waals surface area contributed by atoms with Crippen LogP contribution in [-0.4, -0.2) is 16.0 Å². The molecule has 1 heterocycles. The number of rotatable bonds is 2. The minimum absolute atomic E-state index is 0.525. The lowest BCUT2D eigenvalue weighted by molar-refractivity contribution is 0.471. The zero-order valence-corrected chi connectivity index (χ0v) is 9.65. The van der Waals surface area contributed by atoms with Crippen LogP contribution in [0.2, 0.25) is 0 Å². The molecule has 16 heavy (non-hydrogen) atoms. The van der Waals surface area contributed by atoms with Crippen molar-refractivity contribution in [2.24, 2.45) is 0 Å². The molecule has 0 bridgehead atoms. The van der Waals surface area contributed by atoms with Crippen molar-refractivity contribution in [3.05, 3.63) is 12.5 Å². The van der Waals surface area contributed by atoms with E-state index in [0.29, 0.717) is 11.7 Å². The summed E-state index contributed by atoms with van der Waals surface area (Å²) in [5, 5.41) is 3.44. The van der Waals surface area contributed by atoms with Crippen molar-refractivity contribution >= 4 is 11.5 Å². The highest BCUT2D eigenvalue weighted by Crippen LogP contribution is 2.21. The summed E-state index contributed by atoms with van der Waals surface area (Å²) in [6.07, 6.45) is 12.4. The van der Waals surface area contributed by atoms with Gasteiger partial charge in [-0.3, -0.25) is 0 Å². The topological polar surface area (TPSA) is 63.8 Å². The number of nitrogen functional groups attached to an aromatic ring is 1. The van der Waals surface area contributed by atoms with E-state index in [1.54, 1.807) is 12.5 Å². The average molecular weight is 220 g/mol. The minimum Gasteiger partial charge on any atom is -0.394 e. The van der Waals surface area contributed by atoms with Gasteiger partial charge < -0.3 is 11.1 Å². The molecule has 88 valence electrons. The van der Waals surface area contributed by atoms with Gasteiger partial charge in [0, 0.05) is 6.04 Å². The Balaban J connectivity index is 1.94. The highest BCUT2D eigenvalue weighted by atomic mass is 15.1. The lowest BCUT2D eigenvalue weighted by Gasteiger charge is -2.21. The summed E-state index contributed by atoms with van der Waals surface area (Å²) in [7, 11) is 0. The van der Waals surface area contributed by atoms with Gasteiger partial charge in [-0.25, -0.2) is 9.97 Å². The van der Waals surface area contributed by atoms with E-state index in [1.165, 1.54) is 44.9 Å². The molecule has 1 aliphatic rings. The molecule has 1 aliphatic carbocycles. The Morgan fingerprint density at radius 1 is 1.12 bits per heavy atom. The van der Waals surface area contributed by atoms with Crippen molar-refractivity contribution in [1.82, 2.24) is 9.97 Å². The van der Waals surface area contributed by atoms with Gasteiger partial charge >= 0.3 is 0 Å². The molecule has 2 rings (SSSR count). The Morgan fingerprint density at radius 3 is 2.50 bits per heavy atom. The van der Waals surface area contributed by atoms with Gasteiger partial charge in [-0.2, -0.15) is 0 Å². The van der Waals surface area contributed by atoms with Gasteiger partial charge in [0.1, 0.15) is 6.33 Å². The van der Waals surface area contributed by atoms with Crippen molar-refractivity contribution in [2.45, 2.75) is 51.0 Å². The fourth-order valence-corrected chi connectivity index (χ4v) is 2.25. The normalized spacial score (nSPS) is 18.8. The Bertz CT molecular complexity index is 319. The van der Waals surface area contributed by atoms with E-state index in [2.05, 4.69) is 15.3 Å². The van der Waals surface area contributed by atoms with E-state index in [-0.39, 0.29) is 0 Å². The van der Waals surface area contributed by atoms with E-state index in [1.807, 2.05) is 0 Å². The van der Waals surface area contributed by atoms with E-state index in [9.17, 15) is 0 Å². The third kappa shape index (κ3) is 3.08. The van der Waals surface area contributed by atoms with Gasteiger partial charge in [0.05, 0.1) is 11.9 Å². The molecule has 0 aliphatic heterocycles. The van der Waals surface area contributed by atoms with Gasteiger partial charge in [0.2, 0.25) is 0 Å². The van der Waals surface area contributed by atoms with Crippen LogP contribution in [0.15, 0.2) is 12.5 Å². The third-order valence-electron chi connectivity index (χ3n) is 3.19. The maximum absolute atomic E-state index is 5.82. The second-order valence-electron chi connectivity index (χ2n) is 4.51. The number of aromatic nitrogens is 2. The van der Waals surface area contributed by atoms with Gasteiger partial charge in [0.15, 0.2) is 5.82 Å². The van der Waals surface area contributed by atoms with Crippen LogP contribution >= 0.6 is 0 Å². The number of nitrogens with two attached hydrogens (primary N) is 1. The predicted molar refractivity (Wildman–Crippen MR) is 66.2 cm³/mol. The summed E-state index contributed by atoms with van der Waals surface area (Å²) in [6.45, 7) is 0. The van der Waals surface area contributed by atoms with Crippen LogP contribution in [0.4, 0.5) is 11.5 Å². The van der Waals surface area contributed by atoms with Crippen LogP contribution in [0, 0.1) is 0 Å². The highest BCUT2D eigenvalue weighted by molar-refractivity contribution is 5.59. The largest absolute Gasteiger partial charge is 0.394 e. The van der Waals surface area contributed by atoms with Crippen LogP contribution < -0.4 is 11.1 Å². The molecule has 0 radical (unpaired) electrons. The van der Waals surface area contributed by atoms with Crippen molar-refractivity contribution in [3.8, 4) is 0 Å². The number of nitrogens with zero attached hydrogens (tertiary/aromatic N) is 2. The van der Waals surface area contributed by atoms with Crippen LogP contribution in [0.5, 0.6) is 0 Å².